The number of nitrogens with one attached hydrogen (secondary N) is 1. The summed E-state index contributed by atoms with van der Waals surface area (Å²) in [4.78, 5) is 29.2. The van der Waals surface area contributed by atoms with Crippen LogP contribution in [0, 0.1) is 0 Å². The third-order valence-electron chi connectivity index (χ3n) is 6.30. The van der Waals surface area contributed by atoms with Gasteiger partial charge in [-0.15, -0.1) is 0 Å². The molecule has 1 N–H and O–H groups in total. The molecule has 3 aromatic carbocycles. The van der Waals surface area contributed by atoms with Crippen molar-refractivity contribution in [2.45, 2.75) is 38.9 Å². The number of carbonyl (C=O) groups is 2. The van der Waals surface area contributed by atoms with E-state index >= 15 is 0 Å². The van der Waals surface area contributed by atoms with Crippen LogP contribution in [-0.4, -0.2) is 64.2 Å². The number of benzene rings is 3. The molecular formula is C30H36ClN3O6S. The molecule has 220 valence electrons. The first-order chi connectivity index (χ1) is 19.4. The van der Waals surface area contributed by atoms with E-state index in [-0.39, 0.29) is 36.4 Å². The molecule has 9 nitrogen and oxygen atoms in total. The molecule has 0 fully saturated rings. The number of ether oxygens (including phenoxy) is 2. The van der Waals surface area contributed by atoms with Gasteiger partial charge in [-0.25, -0.2) is 8.42 Å². The van der Waals surface area contributed by atoms with Gasteiger partial charge in [-0.1, -0.05) is 54.1 Å². The number of nitrogens with zero attached hydrogens (tertiary/aromatic N) is 2. The molecule has 1 atom stereocenters. The average molecular weight is 602 g/mol. The van der Waals surface area contributed by atoms with Gasteiger partial charge in [0.15, 0.2) is 0 Å². The zero-order valence-corrected chi connectivity index (χ0v) is 25.4. The minimum absolute atomic E-state index is 0.0475. The van der Waals surface area contributed by atoms with Crippen LogP contribution >= 0.6 is 11.6 Å². The lowest BCUT2D eigenvalue weighted by Crippen LogP contribution is -2.54. The number of hydrogen-bond donors (Lipinski definition) is 1. The minimum atomic E-state index is -3.97. The van der Waals surface area contributed by atoms with Crippen molar-refractivity contribution in [3.05, 3.63) is 88.9 Å². The van der Waals surface area contributed by atoms with Crippen LogP contribution in [-0.2, 0) is 32.6 Å². The molecule has 0 aliphatic heterocycles. The highest BCUT2D eigenvalue weighted by atomic mass is 35.5. The van der Waals surface area contributed by atoms with Crippen molar-refractivity contribution < 1.29 is 27.5 Å². The van der Waals surface area contributed by atoms with Gasteiger partial charge in [0, 0.05) is 30.1 Å². The number of halogens is 1. The van der Waals surface area contributed by atoms with Crippen molar-refractivity contribution in [1.29, 1.82) is 0 Å². The van der Waals surface area contributed by atoms with E-state index in [9.17, 15) is 18.0 Å². The average Bonchev–Trinajstić information content (AvgIpc) is 2.93. The summed E-state index contributed by atoms with van der Waals surface area (Å²) in [6.07, 6.45) is 1.23. The Labute approximate surface area is 247 Å². The van der Waals surface area contributed by atoms with Crippen molar-refractivity contribution >= 4 is 39.1 Å². The van der Waals surface area contributed by atoms with Gasteiger partial charge in [-0.2, -0.15) is 0 Å². The molecule has 0 unspecified atom stereocenters. The summed E-state index contributed by atoms with van der Waals surface area (Å²) in [7, 11) is -1.11. The zero-order valence-electron chi connectivity index (χ0n) is 23.8. The number of rotatable bonds is 13. The van der Waals surface area contributed by atoms with Crippen molar-refractivity contribution in [1.82, 2.24) is 10.2 Å². The van der Waals surface area contributed by atoms with Gasteiger partial charge in [0.25, 0.3) is 0 Å². The predicted molar refractivity (Wildman–Crippen MR) is 161 cm³/mol. The van der Waals surface area contributed by atoms with Crippen molar-refractivity contribution in [3.8, 4) is 11.5 Å². The monoisotopic (exact) mass is 601 g/mol. The quantitative estimate of drug-likeness (QED) is 0.313. The summed E-state index contributed by atoms with van der Waals surface area (Å²) in [6, 6.07) is 19.8. The molecule has 0 bridgehead atoms. The number of carbonyl (C=O) groups excluding carboxylic acids is 2. The lowest BCUT2D eigenvalue weighted by Gasteiger charge is -2.34. The normalized spacial score (nSPS) is 12.0. The van der Waals surface area contributed by atoms with Crippen LogP contribution in [0.1, 0.15) is 25.0 Å². The molecule has 0 aliphatic carbocycles. The summed E-state index contributed by atoms with van der Waals surface area (Å²) in [6.45, 7) is 3.15. The SMILES string of the molecule is COc1ccc(OC)c(N(CC(=O)N(Cc2ccc(Cl)cc2)[C@@H](Cc2ccccc2)C(=O)NC(C)C)S(C)(=O)=O)c1. The summed E-state index contributed by atoms with van der Waals surface area (Å²) >= 11 is 6.09. The van der Waals surface area contributed by atoms with Gasteiger partial charge < -0.3 is 19.7 Å². The van der Waals surface area contributed by atoms with Crippen molar-refractivity contribution in [2.24, 2.45) is 0 Å². The van der Waals surface area contributed by atoms with E-state index < -0.39 is 28.5 Å². The Morgan fingerprint density at radius 3 is 2.15 bits per heavy atom. The van der Waals surface area contributed by atoms with E-state index in [0.717, 1.165) is 21.7 Å². The van der Waals surface area contributed by atoms with Gasteiger partial charge in [0.2, 0.25) is 21.8 Å². The first-order valence-corrected chi connectivity index (χ1v) is 15.2. The molecule has 0 aliphatic rings. The van der Waals surface area contributed by atoms with Crippen molar-refractivity contribution in [3.63, 3.8) is 0 Å². The Morgan fingerprint density at radius 2 is 1.59 bits per heavy atom. The molecule has 0 saturated heterocycles. The lowest BCUT2D eigenvalue weighted by atomic mass is 10.0. The van der Waals surface area contributed by atoms with Crippen LogP contribution < -0.4 is 19.1 Å². The second-order valence-electron chi connectivity index (χ2n) is 9.82. The summed E-state index contributed by atoms with van der Waals surface area (Å²) in [5.74, 6) is -0.295. The number of anilines is 1. The van der Waals surface area contributed by atoms with Gasteiger partial charge in [-0.05, 0) is 49.2 Å². The molecule has 0 heterocycles. The van der Waals surface area contributed by atoms with E-state index in [1.165, 1.54) is 25.2 Å². The largest absolute Gasteiger partial charge is 0.497 e. The van der Waals surface area contributed by atoms with Gasteiger partial charge in [0.05, 0.1) is 26.2 Å². The van der Waals surface area contributed by atoms with Crippen LogP contribution in [0.15, 0.2) is 72.8 Å². The van der Waals surface area contributed by atoms with Crippen molar-refractivity contribution in [2.75, 3.05) is 31.3 Å². The topological polar surface area (TPSA) is 105 Å². The fourth-order valence-corrected chi connectivity index (χ4v) is 5.28. The molecule has 2 amide bonds. The number of sulfonamides is 1. The van der Waals surface area contributed by atoms with Crippen LogP contribution in [0.5, 0.6) is 11.5 Å². The summed E-state index contributed by atoms with van der Waals surface area (Å²) < 4.78 is 37.8. The van der Waals surface area contributed by atoms with Crippen LogP contribution in [0.2, 0.25) is 5.02 Å². The molecule has 0 spiro atoms. The molecule has 3 rings (SSSR count). The first-order valence-electron chi connectivity index (χ1n) is 13.0. The van der Waals surface area contributed by atoms with E-state index in [1.54, 1.807) is 36.4 Å². The van der Waals surface area contributed by atoms with E-state index in [0.29, 0.717) is 10.8 Å². The third-order valence-corrected chi connectivity index (χ3v) is 7.68. The molecule has 0 aromatic heterocycles. The number of amides is 2. The standard InChI is InChI=1S/C30H36ClN3O6S/c1-21(2)32-30(36)27(17-22-9-7-6-8-10-22)33(19-23-11-13-24(31)14-12-23)29(35)20-34(41(5,37)38)26-18-25(39-3)15-16-28(26)40-4/h6-16,18,21,27H,17,19-20H2,1-5H3,(H,32,36)/t27-/m0/s1. The van der Waals surface area contributed by atoms with Crippen LogP contribution in [0.25, 0.3) is 0 Å². The third kappa shape index (κ3) is 8.86. The van der Waals surface area contributed by atoms with E-state index in [4.69, 9.17) is 21.1 Å². The molecule has 0 saturated carbocycles. The zero-order chi connectivity index (χ0) is 30.2. The van der Waals surface area contributed by atoms with E-state index in [1.807, 2.05) is 44.2 Å². The molecule has 11 heteroatoms. The Bertz CT molecular complexity index is 1430. The Morgan fingerprint density at radius 1 is 0.927 bits per heavy atom. The van der Waals surface area contributed by atoms with Gasteiger partial charge in [-0.3, -0.25) is 13.9 Å². The highest BCUT2D eigenvalue weighted by molar-refractivity contribution is 7.92. The highest BCUT2D eigenvalue weighted by Gasteiger charge is 2.34. The first kappa shape index (κ1) is 31.8. The lowest BCUT2D eigenvalue weighted by molar-refractivity contribution is -0.140. The Hall–Kier alpha value is -3.76. The minimum Gasteiger partial charge on any atom is -0.497 e. The van der Waals surface area contributed by atoms with Gasteiger partial charge in [0.1, 0.15) is 24.1 Å². The number of methoxy groups -OCH3 is 2. The number of hydrogen-bond acceptors (Lipinski definition) is 6. The fraction of sp³-hybridized carbons (Fsp3) is 0.333. The molecule has 3 aromatic rings. The molecule has 41 heavy (non-hydrogen) atoms. The summed E-state index contributed by atoms with van der Waals surface area (Å²) in [5.41, 5.74) is 1.71. The molecular weight excluding hydrogens is 566 g/mol. The van der Waals surface area contributed by atoms with Crippen LogP contribution in [0.4, 0.5) is 5.69 Å². The second kappa shape index (κ2) is 14.2. The Balaban J connectivity index is 2.10. The highest BCUT2D eigenvalue weighted by Crippen LogP contribution is 2.34. The smallest absolute Gasteiger partial charge is 0.244 e. The second-order valence-corrected chi connectivity index (χ2v) is 12.2. The molecule has 0 radical (unpaired) electrons. The van der Waals surface area contributed by atoms with E-state index in [2.05, 4.69) is 5.32 Å². The Kier molecular flexibility index (Phi) is 11.0. The fourth-order valence-electron chi connectivity index (χ4n) is 4.31. The maximum Gasteiger partial charge on any atom is 0.244 e. The van der Waals surface area contributed by atoms with Gasteiger partial charge >= 0.3 is 0 Å². The maximum atomic E-state index is 14.2. The predicted octanol–water partition coefficient (Wildman–Crippen LogP) is 4.29. The maximum absolute atomic E-state index is 14.2. The summed E-state index contributed by atoms with van der Waals surface area (Å²) in [5, 5.41) is 3.45. The van der Waals surface area contributed by atoms with Crippen LogP contribution in [0.3, 0.4) is 0 Å².